The summed E-state index contributed by atoms with van der Waals surface area (Å²) in [6, 6.07) is 10.5. The van der Waals surface area contributed by atoms with Crippen molar-refractivity contribution in [1.29, 1.82) is 5.26 Å². The van der Waals surface area contributed by atoms with Crippen LogP contribution in [0.25, 0.3) is 0 Å². The van der Waals surface area contributed by atoms with E-state index in [9.17, 15) is 0 Å². The van der Waals surface area contributed by atoms with Crippen LogP contribution < -0.4 is 5.32 Å². The van der Waals surface area contributed by atoms with Gasteiger partial charge in [-0.25, -0.2) is 0 Å². The van der Waals surface area contributed by atoms with Gasteiger partial charge in [-0.05, 0) is 57.1 Å². The van der Waals surface area contributed by atoms with Crippen LogP contribution in [0.4, 0.5) is 0 Å². The highest BCUT2D eigenvalue weighted by Gasteiger charge is 2.04. The number of nitriles is 1. The molecule has 1 atom stereocenters. The minimum absolute atomic E-state index is 0.529. The second kappa shape index (κ2) is 9.52. The van der Waals surface area contributed by atoms with E-state index in [2.05, 4.69) is 37.1 Å². The molecule has 1 unspecified atom stereocenters. The Morgan fingerprint density at radius 2 is 1.85 bits per heavy atom. The van der Waals surface area contributed by atoms with Crippen LogP contribution in [-0.2, 0) is 6.54 Å². The molecule has 110 valence electrons. The van der Waals surface area contributed by atoms with Gasteiger partial charge in [0.05, 0.1) is 11.6 Å². The number of hydrogen-bond donors (Lipinski definition) is 1. The summed E-state index contributed by atoms with van der Waals surface area (Å²) in [5, 5.41) is 12.3. The van der Waals surface area contributed by atoms with Gasteiger partial charge in [-0.2, -0.15) is 5.26 Å². The van der Waals surface area contributed by atoms with Crippen molar-refractivity contribution in [3.63, 3.8) is 0 Å². The Labute approximate surface area is 123 Å². The molecule has 1 N–H and O–H groups in total. The third-order valence-electron chi connectivity index (χ3n) is 3.74. The van der Waals surface area contributed by atoms with E-state index in [0.29, 0.717) is 6.04 Å². The summed E-state index contributed by atoms with van der Waals surface area (Å²) < 4.78 is 0. The van der Waals surface area contributed by atoms with E-state index < -0.39 is 0 Å². The van der Waals surface area contributed by atoms with Crippen LogP contribution in [0.5, 0.6) is 0 Å². The maximum atomic E-state index is 8.76. The Kier molecular flexibility index (Phi) is 7.94. The molecule has 0 radical (unpaired) electrons. The van der Waals surface area contributed by atoms with Crippen LogP contribution in [0.15, 0.2) is 24.3 Å². The molecule has 0 bridgehead atoms. The number of rotatable bonds is 9. The molecular formula is C17H27N3. The van der Waals surface area contributed by atoms with E-state index in [0.717, 1.165) is 25.2 Å². The zero-order valence-corrected chi connectivity index (χ0v) is 13.0. The molecule has 0 amide bonds. The third kappa shape index (κ3) is 6.18. The molecule has 20 heavy (non-hydrogen) atoms. The third-order valence-corrected chi connectivity index (χ3v) is 3.74. The maximum Gasteiger partial charge on any atom is 0.0991 e. The van der Waals surface area contributed by atoms with Gasteiger partial charge in [0.1, 0.15) is 0 Å². The molecule has 1 aromatic rings. The molecule has 0 saturated heterocycles. The molecule has 0 heterocycles. The van der Waals surface area contributed by atoms with E-state index in [-0.39, 0.29) is 0 Å². The highest BCUT2D eigenvalue weighted by molar-refractivity contribution is 5.31. The first-order valence-corrected chi connectivity index (χ1v) is 7.64. The van der Waals surface area contributed by atoms with Crippen molar-refractivity contribution < 1.29 is 0 Å². The van der Waals surface area contributed by atoms with Crippen LogP contribution >= 0.6 is 0 Å². The molecule has 1 rings (SSSR count). The Balaban J connectivity index is 2.22. The first kappa shape index (κ1) is 16.7. The summed E-state index contributed by atoms with van der Waals surface area (Å²) >= 11 is 0. The summed E-state index contributed by atoms with van der Waals surface area (Å²) in [5.74, 6) is 0. The average molecular weight is 273 g/mol. The zero-order valence-electron chi connectivity index (χ0n) is 13.0. The molecule has 0 aliphatic heterocycles. The lowest BCUT2D eigenvalue weighted by atomic mass is 10.1. The Hall–Kier alpha value is -1.37. The molecule has 0 spiro atoms. The number of nitrogens with zero attached hydrogens (tertiary/aromatic N) is 2. The van der Waals surface area contributed by atoms with Gasteiger partial charge in [0.25, 0.3) is 0 Å². The van der Waals surface area contributed by atoms with Gasteiger partial charge in [0.2, 0.25) is 0 Å². The van der Waals surface area contributed by atoms with E-state index in [1.54, 1.807) is 0 Å². The Morgan fingerprint density at radius 3 is 2.40 bits per heavy atom. The highest BCUT2D eigenvalue weighted by atomic mass is 15.1. The molecule has 0 fully saturated rings. The fourth-order valence-corrected chi connectivity index (χ4v) is 2.25. The van der Waals surface area contributed by atoms with Gasteiger partial charge in [0.15, 0.2) is 0 Å². The predicted octanol–water partition coefficient (Wildman–Crippen LogP) is 3.16. The molecule has 3 nitrogen and oxygen atoms in total. The van der Waals surface area contributed by atoms with Gasteiger partial charge in [-0.3, -0.25) is 0 Å². The van der Waals surface area contributed by atoms with E-state index in [4.69, 9.17) is 5.26 Å². The van der Waals surface area contributed by atoms with Gasteiger partial charge in [0, 0.05) is 12.6 Å². The first-order valence-electron chi connectivity index (χ1n) is 7.64. The summed E-state index contributed by atoms with van der Waals surface area (Å²) in [5.41, 5.74) is 1.96. The summed E-state index contributed by atoms with van der Waals surface area (Å²) in [4.78, 5) is 2.47. The van der Waals surface area contributed by atoms with Crippen molar-refractivity contribution in [1.82, 2.24) is 10.2 Å². The Morgan fingerprint density at radius 1 is 1.20 bits per heavy atom. The minimum atomic E-state index is 0.529. The van der Waals surface area contributed by atoms with Gasteiger partial charge < -0.3 is 10.2 Å². The van der Waals surface area contributed by atoms with Crippen LogP contribution in [0.3, 0.4) is 0 Å². The number of benzene rings is 1. The topological polar surface area (TPSA) is 39.1 Å². The second-order valence-corrected chi connectivity index (χ2v) is 5.26. The van der Waals surface area contributed by atoms with Crippen LogP contribution in [0.1, 0.15) is 44.7 Å². The van der Waals surface area contributed by atoms with Crippen LogP contribution in [-0.4, -0.2) is 30.6 Å². The lowest BCUT2D eigenvalue weighted by Crippen LogP contribution is -2.28. The van der Waals surface area contributed by atoms with E-state index >= 15 is 0 Å². The van der Waals surface area contributed by atoms with Gasteiger partial charge in [-0.15, -0.1) is 0 Å². The normalized spacial score (nSPS) is 12.3. The zero-order chi connectivity index (χ0) is 14.8. The monoisotopic (exact) mass is 273 g/mol. The summed E-state index contributed by atoms with van der Waals surface area (Å²) in [6.07, 6.45) is 2.44. The quantitative estimate of drug-likeness (QED) is 0.751. The lowest BCUT2D eigenvalue weighted by molar-refractivity contribution is 0.290. The maximum absolute atomic E-state index is 8.76. The molecule has 0 aromatic heterocycles. The van der Waals surface area contributed by atoms with E-state index in [1.165, 1.54) is 24.9 Å². The first-order chi connectivity index (χ1) is 9.69. The number of nitrogens with one attached hydrogen (secondary N) is 1. The predicted molar refractivity (Wildman–Crippen MR) is 84.5 cm³/mol. The fourth-order valence-electron chi connectivity index (χ4n) is 2.25. The van der Waals surface area contributed by atoms with Crippen molar-refractivity contribution in [2.24, 2.45) is 0 Å². The smallest absolute Gasteiger partial charge is 0.0991 e. The molecule has 1 aromatic carbocycles. The van der Waals surface area contributed by atoms with Crippen molar-refractivity contribution >= 4 is 0 Å². The SMILES string of the molecule is CCN(CC)CCCC(C)NCc1ccc(C#N)cc1. The standard InChI is InChI=1S/C17H27N3/c1-4-20(5-2)12-6-7-15(3)19-14-17-10-8-16(13-18)9-11-17/h8-11,15,19H,4-7,12,14H2,1-3H3. The summed E-state index contributed by atoms with van der Waals surface area (Å²) in [7, 11) is 0. The van der Waals surface area contributed by atoms with Gasteiger partial charge in [-0.1, -0.05) is 26.0 Å². The summed E-state index contributed by atoms with van der Waals surface area (Å²) in [6.45, 7) is 11.0. The lowest BCUT2D eigenvalue weighted by Gasteiger charge is -2.19. The molecule has 0 saturated carbocycles. The van der Waals surface area contributed by atoms with E-state index in [1.807, 2.05) is 24.3 Å². The fraction of sp³-hybridized carbons (Fsp3) is 0.588. The highest BCUT2D eigenvalue weighted by Crippen LogP contribution is 2.05. The molecule has 0 aliphatic carbocycles. The largest absolute Gasteiger partial charge is 0.310 e. The van der Waals surface area contributed by atoms with Crippen LogP contribution in [0, 0.1) is 11.3 Å². The molecule has 0 aliphatic rings. The average Bonchev–Trinajstić information content (AvgIpc) is 2.50. The Bertz CT molecular complexity index is 401. The second-order valence-electron chi connectivity index (χ2n) is 5.26. The van der Waals surface area contributed by atoms with Crippen molar-refractivity contribution in [3.8, 4) is 6.07 Å². The van der Waals surface area contributed by atoms with Gasteiger partial charge >= 0.3 is 0 Å². The molecule has 3 heteroatoms. The van der Waals surface area contributed by atoms with Crippen LogP contribution in [0.2, 0.25) is 0 Å². The van der Waals surface area contributed by atoms with Crippen molar-refractivity contribution in [2.45, 2.75) is 46.2 Å². The minimum Gasteiger partial charge on any atom is -0.310 e. The number of hydrogen-bond acceptors (Lipinski definition) is 3. The van der Waals surface area contributed by atoms with Crippen molar-refractivity contribution in [3.05, 3.63) is 35.4 Å². The van der Waals surface area contributed by atoms with Crippen molar-refractivity contribution in [2.75, 3.05) is 19.6 Å². The molecular weight excluding hydrogens is 246 g/mol.